The first-order chi connectivity index (χ1) is 26.6. The molecule has 4 saturated carbocycles. The maximum absolute atomic E-state index is 14.8. The summed E-state index contributed by atoms with van der Waals surface area (Å²) in [5, 5.41) is 21.4. The van der Waals surface area contributed by atoms with Crippen LogP contribution in [-0.4, -0.2) is 85.6 Å². The Bertz CT molecular complexity index is 1290. The Labute approximate surface area is 335 Å². The fourth-order valence-electron chi connectivity index (χ4n) is 10.6. The largest absolute Gasteiger partial charge is 0.465 e. The van der Waals surface area contributed by atoms with E-state index < -0.39 is 11.8 Å². The number of ether oxygens (including phenoxy) is 4. The molecule has 10 atom stereocenters. The second kappa shape index (κ2) is 22.0. The van der Waals surface area contributed by atoms with E-state index in [2.05, 4.69) is 0 Å². The summed E-state index contributed by atoms with van der Waals surface area (Å²) in [7, 11) is 0. The van der Waals surface area contributed by atoms with Gasteiger partial charge >= 0.3 is 23.9 Å². The number of ketones is 1. The molecular formula is C44H73NO11. The third-order valence-electron chi connectivity index (χ3n) is 13.3. The van der Waals surface area contributed by atoms with Crippen LogP contribution < -0.4 is 5.73 Å². The third kappa shape index (κ3) is 13.0. The molecule has 4 N–H and O–H groups in total. The molecule has 12 heteroatoms. The predicted octanol–water partition coefficient (Wildman–Crippen LogP) is 5.52. The minimum atomic E-state index is -0.426. The van der Waals surface area contributed by atoms with Crippen molar-refractivity contribution in [2.24, 2.45) is 88.6 Å². The minimum Gasteiger partial charge on any atom is -0.465 e. The van der Waals surface area contributed by atoms with E-state index >= 15 is 0 Å². The fourth-order valence-corrected chi connectivity index (χ4v) is 10.6. The maximum atomic E-state index is 14.8. The van der Waals surface area contributed by atoms with Crippen LogP contribution in [0, 0.1) is 82.9 Å². The Hall–Kier alpha value is -2.57. The molecule has 0 heterocycles. The summed E-state index contributed by atoms with van der Waals surface area (Å²) in [6.07, 6.45) is 6.96. The van der Waals surface area contributed by atoms with Crippen LogP contribution >= 0.6 is 0 Å². The minimum absolute atomic E-state index is 0.0551. The second-order valence-corrected chi connectivity index (χ2v) is 19.1. The van der Waals surface area contributed by atoms with Gasteiger partial charge in [-0.15, -0.1) is 0 Å². The standard InChI is InChI=1S/C44H73NO11/c1-25(2)13-38(48)53-21-31-17-29(19-46)42(36(31)23-55-39(49)14-26(3)4)34-11-12-35(44(34)52)43-30(20-47)18-32(37(43)24-56-40(50)15-27(5)6)22-54-41(51)16-28-7-9-33(45)10-8-28/h25-37,42-43,46-47H,7-24,45H2,1-6H3. The number of aliphatic hydroxyl groups excluding tert-OH is 2. The Balaban J connectivity index is 1.54. The summed E-state index contributed by atoms with van der Waals surface area (Å²) in [5.74, 6) is -3.45. The van der Waals surface area contributed by atoms with Gasteiger partial charge in [-0.05, 0) is 111 Å². The van der Waals surface area contributed by atoms with Gasteiger partial charge in [-0.2, -0.15) is 0 Å². The molecule has 0 amide bonds. The number of carbonyl (C=O) groups is 5. The van der Waals surface area contributed by atoms with Crippen LogP contribution in [0.5, 0.6) is 0 Å². The number of hydrogen-bond acceptors (Lipinski definition) is 12. The number of Topliss-reactive ketones (excluding diaryl/α,β-unsaturated/α-hetero) is 1. The Morgan fingerprint density at radius 3 is 1.32 bits per heavy atom. The summed E-state index contributed by atoms with van der Waals surface area (Å²) in [4.78, 5) is 66.0. The van der Waals surface area contributed by atoms with E-state index in [-0.39, 0.29) is 166 Å². The van der Waals surface area contributed by atoms with Crippen molar-refractivity contribution in [1.82, 2.24) is 0 Å². The number of esters is 4. The molecule has 0 bridgehead atoms. The molecule has 0 aromatic rings. The molecule has 4 aliphatic rings. The van der Waals surface area contributed by atoms with Crippen molar-refractivity contribution < 1.29 is 53.1 Å². The van der Waals surface area contributed by atoms with Crippen LogP contribution in [0.2, 0.25) is 0 Å². The van der Waals surface area contributed by atoms with Gasteiger partial charge in [0, 0.05) is 68.6 Å². The molecule has 320 valence electrons. The highest BCUT2D eigenvalue weighted by molar-refractivity contribution is 5.86. The predicted molar refractivity (Wildman–Crippen MR) is 209 cm³/mol. The van der Waals surface area contributed by atoms with E-state index in [4.69, 9.17) is 24.7 Å². The number of rotatable bonds is 20. The SMILES string of the molecule is CC(C)CC(=O)OCC1CC(CO)C(C2CCC(C3C(CO)CC(COC(=O)CC4CCC(N)CC4)C3COC(=O)CC(C)C)C2=O)C1COC(=O)CC(C)C. The highest BCUT2D eigenvalue weighted by Gasteiger charge is 2.56. The number of aliphatic hydroxyl groups is 2. The highest BCUT2D eigenvalue weighted by atomic mass is 16.5. The van der Waals surface area contributed by atoms with Crippen LogP contribution in [0.15, 0.2) is 0 Å². The molecule has 56 heavy (non-hydrogen) atoms. The van der Waals surface area contributed by atoms with Gasteiger partial charge in [-0.3, -0.25) is 24.0 Å². The lowest BCUT2D eigenvalue weighted by Crippen LogP contribution is -2.38. The van der Waals surface area contributed by atoms with Crippen molar-refractivity contribution in [2.45, 2.75) is 125 Å². The van der Waals surface area contributed by atoms with Gasteiger partial charge in [0.2, 0.25) is 0 Å². The van der Waals surface area contributed by atoms with Gasteiger partial charge in [0.15, 0.2) is 0 Å². The van der Waals surface area contributed by atoms with E-state index in [9.17, 15) is 34.2 Å². The van der Waals surface area contributed by atoms with Crippen molar-refractivity contribution in [2.75, 3.05) is 39.6 Å². The molecule has 10 unspecified atom stereocenters. The number of hydrogen-bond donors (Lipinski definition) is 3. The molecule has 4 rings (SSSR count). The summed E-state index contributed by atoms with van der Waals surface area (Å²) in [6, 6.07) is 0.187. The maximum Gasteiger partial charge on any atom is 0.306 e. The summed E-state index contributed by atoms with van der Waals surface area (Å²) < 4.78 is 23.3. The average Bonchev–Trinajstić information content (AvgIpc) is 3.79. The lowest BCUT2D eigenvalue weighted by Gasteiger charge is -2.33. The van der Waals surface area contributed by atoms with E-state index in [0.717, 1.165) is 25.7 Å². The van der Waals surface area contributed by atoms with E-state index in [0.29, 0.717) is 32.1 Å². The zero-order chi connectivity index (χ0) is 41.1. The van der Waals surface area contributed by atoms with Crippen molar-refractivity contribution in [3.05, 3.63) is 0 Å². The Morgan fingerprint density at radius 1 is 0.571 bits per heavy atom. The van der Waals surface area contributed by atoms with Crippen molar-refractivity contribution in [3.8, 4) is 0 Å². The monoisotopic (exact) mass is 792 g/mol. The van der Waals surface area contributed by atoms with Crippen molar-refractivity contribution in [3.63, 3.8) is 0 Å². The van der Waals surface area contributed by atoms with Crippen LogP contribution in [0.25, 0.3) is 0 Å². The third-order valence-corrected chi connectivity index (χ3v) is 13.3. The average molecular weight is 792 g/mol. The lowest BCUT2D eigenvalue weighted by molar-refractivity contribution is -0.151. The van der Waals surface area contributed by atoms with Crippen LogP contribution in [-0.2, 0) is 42.9 Å². The van der Waals surface area contributed by atoms with Crippen molar-refractivity contribution >= 4 is 29.7 Å². The molecule has 0 radical (unpaired) electrons. The topological polar surface area (TPSA) is 189 Å². The molecular weight excluding hydrogens is 718 g/mol. The fraction of sp³-hybridized carbons (Fsp3) is 0.886. The quantitative estimate of drug-likeness (QED) is 0.104. The second-order valence-electron chi connectivity index (χ2n) is 19.1. The van der Waals surface area contributed by atoms with Crippen molar-refractivity contribution in [1.29, 1.82) is 0 Å². The normalized spacial score (nSPS) is 33.3. The van der Waals surface area contributed by atoms with E-state index in [1.54, 1.807) is 0 Å². The van der Waals surface area contributed by atoms with Gasteiger partial charge in [0.1, 0.15) is 5.78 Å². The first-order valence-electron chi connectivity index (χ1n) is 21.7. The molecule has 0 aliphatic heterocycles. The highest BCUT2D eigenvalue weighted by Crippen LogP contribution is 2.55. The molecule has 0 spiro atoms. The Morgan fingerprint density at radius 2 is 0.946 bits per heavy atom. The zero-order valence-electron chi connectivity index (χ0n) is 35.0. The zero-order valence-corrected chi connectivity index (χ0v) is 35.0. The van der Waals surface area contributed by atoms with Crippen LogP contribution in [0.1, 0.15) is 119 Å². The van der Waals surface area contributed by atoms with Gasteiger partial charge in [0.05, 0.1) is 26.4 Å². The number of carbonyl (C=O) groups excluding carboxylic acids is 5. The summed E-state index contributed by atoms with van der Waals surface area (Å²) >= 11 is 0. The lowest BCUT2D eigenvalue weighted by atomic mass is 9.73. The molecule has 4 fully saturated rings. The van der Waals surface area contributed by atoms with Crippen LogP contribution in [0.3, 0.4) is 0 Å². The first-order valence-corrected chi connectivity index (χ1v) is 21.7. The van der Waals surface area contributed by atoms with Gasteiger partial charge in [-0.25, -0.2) is 0 Å². The first kappa shape index (κ1) is 46.1. The van der Waals surface area contributed by atoms with Gasteiger partial charge in [-0.1, -0.05) is 41.5 Å². The Kier molecular flexibility index (Phi) is 18.1. The van der Waals surface area contributed by atoms with Gasteiger partial charge in [0.25, 0.3) is 0 Å². The van der Waals surface area contributed by atoms with E-state index in [1.807, 2.05) is 41.5 Å². The molecule has 4 aliphatic carbocycles. The summed E-state index contributed by atoms with van der Waals surface area (Å²) in [5.41, 5.74) is 6.06. The molecule has 12 nitrogen and oxygen atoms in total. The number of nitrogens with two attached hydrogens (primary N) is 1. The van der Waals surface area contributed by atoms with Gasteiger partial charge < -0.3 is 34.9 Å². The van der Waals surface area contributed by atoms with Crippen LogP contribution in [0.4, 0.5) is 0 Å². The molecule has 0 aromatic heterocycles. The summed E-state index contributed by atoms with van der Waals surface area (Å²) in [6.45, 7) is 11.8. The molecule has 0 saturated heterocycles. The smallest absolute Gasteiger partial charge is 0.306 e. The molecule has 0 aromatic carbocycles. The van der Waals surface area contributed by atoms with E-state index in [1.165, 1.54) is 0 Å².